The third-order valence-electron chi connectivity index (χ3n) is 7.07. The van der Waals surface area contributed by atoms with Crippen LogP contribution in [0, 0.1) is 6.92 Å². The Balaban J connectivity index is 1.48. The third kappa shape index (κ3) is 8.99. The topological polar surface area (TPSA) is 96.7 Å². The molecule has 0 radical (unpaired) electrons. The highest BCUT2D eigenvalue weighted by Gasteiger charge is 2.24. The molecule has 220 valence electrons. The number of hydrogen-bond donors (Lipinski definition) is 1. The van der Waals surface area contributed by atoms with Gasteiger partial charge in [-0.1, -0.05) is 18.2 Å². The van der Waals surface area contributed by atoms with E-state index in [9.17, 15) is 9.59 Å². The zero-order chi connectivity index (χ0) is 29.0. The van der Waals surface area contributed by atoms with E-state index in [2.05, 4.69) is 10.2 Å². The minimum Gasteiger partial charge on any atom is -0.493 e. The molecule has 0 bridgehead atoms. The monoisotopic (exact) mass is 564 g/mol. The maximum atomic E-state index is 13.8. The summed E-state index contributed by atoms with van der Waals surface area (Å²) < 4.78 is 21.8. The molecule has 0 saturated carbocycles. The number of rotatable bonds is 13. The van der Waals surface area contributed by atoms with Crippen molar-refractivity contribution in [2.24, 2.45) is 0 Å². The summed E-state index contributed by atoms with van der Waals surface area (Å²) in [6.07, 6.45) is 2.19. The van der Waals surface area contributed by atoms with Crippen molar-refractivity contribution in [1.82, 2.24) is 14.7 Å². The van der Waals surface area contributed by atoms with Crippen molar-refractivity contribution in [3.8, 4) is 11.5 Å². The first-order valence-corrected chi connectivity index (χ1v) is 13.9. The van der Waals surface area contributed by atoms with E-state index in [1.807, 2.05) is 55.5 Å². The molecule has 10 heteroatoms. The predicted octanol–water partition coefficient (Wildman–Crippen LogP) is 4.04. The smallest absolute Gasteiger partial charge is 0.322 e. The SMILES string of the molecule is COc1ccc(CCN(Cc2ccco2)C(=O)CN(CCN2CCOCC2)C(=O)Nc2cccc(C)c2)cc1OC. The van der Waals surface area contributed by atoms with Crippen molar-refractivity contribution < 1.29 is 28.2 Å². The number of morpholine rings is 1. The van der Waals surface area contributed by atoms with Crippen LogP contribution in [-0.2, 0) is 22.5 Å². The van der Waals surface area contributed by atoms with Gasteiger partial charge in [-0.3, -0.25) is 9.69 Å². The molecule has 1 N–H and O–H groups in total. The minimum absolute atomic E-state index is 0.0609. The highest BCUT2D eigenvalue weighted by molar-refractivity contribution is 5.92. The standard InChI is InChI=1S/C31H40N4O6/c1-24-6-4-7-26(20-24)32-31(37)35(14-13-33-15-18-40-19-16-33)23-30(36)34(22-27-8-5-17-41-27)12-11-25-9-10-28(38-2)29(21-25)39-3/h4-10,17,20-21H,11-16,18-19,22-23H2,1-3H3,(H,32,37). The second-order valence-electron chi connectivity index (χ2n) is 10.0. The summed E-state index contributed by atoms with van der Waals surface area (Å²) in [7, 11) is 3.20. The second-order valence-corrected chi connectivity index (χ2v) is 10.0. The lowest BCUT2D eigenvalue weighted by molar-refractivity contribution is -0.132. The van der Waals surface area contributed by atoms with Crippen LogP contribution >= 0.6 is 0 Å². The molecule has 10 nitrogen and oxygen atoms in total. The van der Waals surface area contributed by atoms with Gasteiger partial charge in [-0.05, 0) is 60.9 Å². The van der Waals surface area contributed by atoms with Gasteiger partial charge >= 0.3 is 6.03 Å². The number of ether oxygens (including phenoxy) is 3. The Labute approximate surface area is 241 Å². The highest BCUT2D eigenvalue weighted by atomic mass is 16.5. The van der Waals surface area contributed by atoms with Gasteiger partial charge in [-0.25, -0.2) is 4.79 Å². The highest BCUT2D eigenvalue weighted by Crippen LogP contribution is 2.28. The van der Waals surface area contributed by atoms with Crippen molar-refractivity contribution in [3.63, 3.8) is 0 Å². The van der Waals surface area contributed by atoms with Crippen LogP contribution in [0.25, 0.3) is 0 Å². The molecular weight excluding hydrogens is 524 g/mol. The van der Waals surface area contributed by atoms with Gasteiger partial charge in [0.2, 0.25) is 5.91 Å². The Kier molecular flexibility index (Phi) is 11.0. The summed E-state index contributed by atoms with van der Waals surface area (Å²) in [4.78, 5) is 32.8. The molecule has 41 heavy (non-hydrogen) atoms. The molecule has 0 unspecified atom stereocenters. The molecule has 4 rings (SSSR count). The zero-order valence-corrected chi connectivity index (χ0v) is 24.1. The van der Waals surface area contributed by atoms with Gasteiger partial charge in [-0.15, -0.1) is 0 Å². The first kappa shape index (κ1) is 30.0. The number of urea groups is 1. The number of nitrogens with one attached hydrogen (secondary N) is 1. The fraction of sp³-hybridized carbons (Fsp3) is 0.419. The Morgan fingerprint density at radius 1 is 0.951 bits per heavy atom. The maximum Gasteiger partial charge on any atom is 0.322 e. The number of benzene rings is 2. The summed E-state index contributed by atoms with van der Waals surface area (Å²) in [5.41, 5.74) is 2.74. The number of methoxy groups -OCH3 is 2. The summed E-state index contributed by atoms with van der Waals surface area (Å²) in [6.45, 7) is 6.66. The second kappa shape index (κ2) is 15.1. The van der Waals surface area contributed by atoms with Gasteiger partial charge < -0.3 is 33.7 Å². The van der Waals surface area contributed by atoms with Crippen molar-refractivity contribution >= 4 is 17.6 Å². The molecule has 1 aliphatic heterocycles. The molecule has 0 atom stereocenters. The summed E-state index contributed by atoms with van der Waals surface area (Å²) in [5, 5.41) is 2.97. The molecule has 2 heterocycles. The van der Waals surface area contributed by atoms with E-state index in [0.29, 0.717) is 68.8 Å². The van der Waals surface area contributed by atoms with Gasteiger partial charge in [0, 0.05) is 38.4 Å². The van der Waals surface area contributed by atoms with Crippen molar-refractivity contribution in [2.75, 3.05) is 72.0 Å². The Morgan fingerprint density at radius 2 is 1.76 bits per heavy atom. The van der Waals surface area contributed by atoms with Crippen LogP contribution in [0.5, 0.6) is 11.5 Å². The van der Waals surface area contributed by atoms with E-state index < -0.39 is 0 Å². The molecule has 0 aliphatic carbocycles. The Morgan fingerprint density at radius 3 is 2.46 bits per heavy atom. The van der Waals surface area contributed by atoms with E-state index in [4.69, 9.17) is 18.6 Å². The predicted molar refractivity (Wildman–Crippen MR) is 156 cm³/mol. The van der Waals surface area contributed by atoms with Gasteiger partial charge in [0.15, 0.2) is 11.5 Å². The average molecular weight is 565 g/mol. The molecule has 1 aromatic heterocycles. The molecule has 3 aromatic rings. The summed E-state index contributed by atoms with van der Waals surface area (Å²) >= 11 is 0. The largest absolute Gasteiger partial charge is 0.493 e. The van der Waals surface area contributed by atoms with E-state index in [-0.39, 0.29) is 18.5 Å². The lowest BCUT2D eigenvalue weighted by Gasteiger charge is -2.31. The van der Waals surface area contributed by atoms with Crippen molar-refractivity contribution in [3.05, 3.63) is 77.7 Å². The minimum atomic E-state index is -0.310. The van der Waals surface area contributed by atoms with Crippen LogP contribution in [0.2, 0.25) is 0 Å². The van der Waals surface area contributed by atoms with Crippen LogP contribution in [0.1, 0.15) is 16.9 Å². The van der Waals surface area contributed by atoms with Crippen LogP contribution < -0.4 is 14.8 Å². The molecule has 1 aliphatic rings. The normalized spacial score (nSPS) is 13.4. The number of aryl methyl sites for hydroxylation is 1. The van der Waals surface area contributed by atoms with Crippen LogP contribution in [0.3, 0.4) is 0 Å². The van der Waals surface area contributed by atoms with Gasteiger partial charge in [0.05, 0.1) is 40.2 Å². The quantitative estimate of drug-likeness (QED) is 0.335. The van der Waals surface area contributed by atoms with Crippen molar-refractivity contribution in [1.29, 1.82) is 0 Å². The fourth-order valence-corrected chi connectivity index (χ4v) is 4.71. The average Bonchev–Trinajstić information content (AvgIpc) is 3.51. The van der Waals surface area contributed by atoms with Crippen LogP contribution in [-0.4, -0.2) is 93.3 Å². The molecule has 0 spiro atoms. The van der Waals surface area contributed by atoms with E-state index in [0.717, 1.165) is 24.2 Å². The summed E-state index contributed by atoms with van der Waals surface area (Å²) in [5.74, 6) is 1.80. The molecule has 1 fully saturated rings. The van der Waals surface area contributed by atoms with Crippen LogP contribution in [0.15, 0.2) is 65.3 Å². The molecule has 2 aromatic carbocycles. The first-order valence-electron chi connectivity index (χ1n) is 13.9. The van der Waals surface area contributed by atoms with Crippen molar-refractivity contribution in [2.45, 2.75) is 19.9 Å². The number of carbonyl (C=O) groups is 2. The van der Waals surface area contributed by atoms with E-state index in [1.54, 1.807) is 36.3 Å². The molecule has 3 amide bonds. The van der Waals surface area contributed by atoms with Gasteiger partial charge in [0.1, 0.15) is 12.3 Å². The molecular formula is C31H40N4O6. The lowest BCUT2D eigenvalue weighted by Crippen LogP contribution is -2.48. The number of carbonyl (C=O) groups excluding carboxylic acids is 2. The number of nitrogens with zero attached hydrogens (tertiary/aromatic N) is 3. The van der Waals surface area contributed by atoms with E-state index >= 15 is 0 Å². The number of hydrogen-bond acceptors (Lipinski definition) is 7. The van der Waals surface area contributed by atoms with E-state index in [1.165, 1.54) is 0 Å². The lowest BCUT2D eigenvalue weighted by atomic mass is 10.1. The summed E-state index contributed by atoms with van der Waals surface area (Å²) in [6, 6.07) is 16.7. The fourth-order valence-electron chi connectivity index (χ4n) is 4.71. The Bertz CT molecular complexity index is 1260. The third-order valence-corrected chi connectivity index (χ3v) is 7.07. The van der Waals surface area contributed by atoms with Gasteiger partial charge in [0.25, 0.3) is 0 Å². The van der Waals surface area contributed by atoms with Gasteiger partial charge in [-0.2, -0.15) is 0 Å². The number of anilines is 1. The molecule has 1 saturated heterocycles. The number of amides is 3. The maximum absolute atomic E-state index is 13.8. The Hall–Kier alpha value is -4.02. The zero-order valence-electron chi connectivity index (χ0n) is 24.1. The van der Waals surface area contributed by atoms with Crippen LogP contribution in [0.4, 0.5) is 10.5 Å². The number of furan rings is 1. The first-order chi connectivity index (χ1) is 19.9.